The summed E-state index contributed by atoms with van der Waals surface area (Å²) in [6.07, 6.45) is 2.94. The van der Waals surface area contributed by atoms with Gasteiger partial charge in [0.05, 0.1) is 10.6 Å². The Morgan fingerprint density at radius 1 is 0.964 bits per heavy atom. The van der Waals surface area contributed by atoms with Gasteiger partial charge < -0.3 is 0 Å². The van der Waals surface area contributed by atoms with E-state index in [0.717, 1.165) is 5.56 Å². The lowest BCUT2D eigenvalue weighted by molar-refractivity contribution is 0.104. The summed E-state index contributed by atoms with van der Waals surface area (Å²) in [6, 6.07) is 20.1. The lowest BCUT2D eigenvalue weighted by Gasteiger charge is -2.11. The van der Waals surface area contributed by atoms with Crippen molar-refractivity contribution in [2.24, 2.45) is 0 Å². The monoisotopic (exact) mass is 411 g/mol. The molecule has 0 radical (unpaired) electrons. The third-order valence-electron chi connectivity index (χ3n) is 4.06. The van der Waals surface area contributed by atoms with Crippen LogP contribution in [0.25, 0.3) is 6.08 Å². The van der Waals surface area contributed by atoms with E-state index in [2.05, 4.69) is 4.72 Å². The van der Waals surface area contributed by atoms with Crippen LogP contribution in [-0.4, -0.2) is 14.2 Å². The number of allylic oxidation sites excluding steroid dienone is 1. The maximum atomic E-state index is 12.7. The second-order valence-electron chi connectivity index (χ2n) is 6.21. The first-order valence-electron chi connectivity index (χ1n) is 8.52. The number of anilines is 1. The van der Waals surface area contributed by atoms with Crippen LogP contribution in [0.1, 0.15) is 21.5 Å². The van der Waals surface area contributed by atoms with Gasteiger partial charge >= 0.3 is 0 Å². The number of ketones is 1. The second kappa shape index (κ2) is 8.42. The largest absolute Gasteiger partial charge is 0.289 e. The molecule has 0 amide bonds. The van der Waals surface area contributed by atoms with E-state index in [1.165, 1.54) is 6.08 Å². The first-order chi connectivity index (χ1) is 13.3. The van der Waals surface area contributed by atoms with Crippen molar-refractivity contribution in [1.29, 1.82) is 0 Å². The van der Waals surface area contributed by atoms with Gasteiger partial charge in [0.2, 0.25) is 0 Å². The Morgan fingerprint density at radius 2 is 1.64 bits per heavy atom. The molecule has 0 fully saturated rings. The highest BCUT2D eigenvalue weighted by atomic mass is 35.5. The van der Waals surface area contributed by atoms with E-state index in [0.29, 0.717) is 21.8 Å². The molecule has 0 saturated carbocycles. The fraction of sp³-hybridized carbons (Fsp3) is 0.0455. The van der Waals surface area contributed by atoms with E-state index in [9.17, 15) is 13.2 Å². The van der Waals surface area contributed by atoms with Crippen LogP contribution in [0.15, 0.2) is 83.8 Å². The molecule has 0 spiro atoms. The minimum atomic E-state index is -3.77. The second-order valence-corrected chi connectivity index (χ2v) is 8.33. The number of sulfonamides is 1. The molecule has 0 saturated heterocycles. The number of benzene rings is 3. The minimum absolute atomic E-state index is 0.156. The number of carbonyl (C=O) groups is 1. The molecule has 0 aliphatic carbocycles. The van der Waals surface area contributed by atoms with Crippen molar-refractivity contribution in [3.05, 3.63) is 101 Å². The van der Waals surface area contributed by atoms with Gasteiger partial charge in [-0.25, -0.2) is 8.42 Å². The third-order valence-corrected chi connectivity index (χ3v) is 5.68. The van der Waals surface area contributed by atoms with Gasteiger partial charge in [-0.1, -0.05) is 59.6 Å². The summed E-state index contributed by atoms with van der Waals surface area (Å²) in [5.74, 6) is -0.187. The molecule has 0 unspecified atom stereocenters. The molecule has 0 aromatic heterocycles. The van der Waals surface area contributed by atoms with Gasteiger partial charge in [-0.15, -0.1) is 0 Å². The number of carbonyl (C=O) groups excluding carboxylic acids is 1. The normalized spacial score (nSPS) is 11.5. The van der Waals surface area contributed by atoms with Gasteiger partial charge in [0.25, 0.3) is 10.0 Å². The molecule has 0 heterocycles. The quantitative estimate of drug-likeness (QED) is 0.439. The first-order valence-corrected chi connectivity index (χ1v) is 10.4. The maximum absolute atomic E-state index is 12.7. The van der Waals surface area contributed by atoms with Crippen molar-refractivity contribution in [2.75, 3.05) is 4.72 Å². The average Bonchev–Trinajstić information content (AvgIpc) is 2.68. The van der Waals surface area contributed by atoms with Gasteiger partial charge in [0.1, 0.15) is 0 Å². The van der Waals surface area contributed by atoms with Crippen molar-refractivity contribution in [3.63, 3.8) is 0 Å². The van der Waals surface area contributed by atoms with Crippen molar-refractivity contribution >= 4 is 39.2 Å². The minimum Gasteiger partial charge on any atom is -0.289 e. The van der Waals surface area contributed by atoms with Crippen LogP contribution in [0.5, 0.6) is 0 Å². The molecule has 1 N–H and O–H groups in total. The van der Waals surface area contributed by atoms with Crippen LogP contribution < -0.4 is 4.72 Å². The smallest absolute Gasteiger partial charge is 0.261 e. The molecule has 0 bridgehead atoms. The SMILES string of the molecule is Cc1ccc(S(=O)(=O)Nc2ccc(Cl)cc2/C=C/C(=O)c2ccccc2)cc1. The zero-order chi connectivity index (χ0) is 20.1. The summed E-state index contributed by atoms with van der Waals surface area (Å²) in [4.78, 5) is 12.5. The molecule has 0 aliphatic rings. The Kier molecular flexibility index (Phi) is 5.97. The number of aryl methyl sites for hydroxylation is 1. The highest BCUT2D eigenvalue weighted by Gasteiger charge is 2.15. The number of halogens is 1. The van der Waals surface area contributed by atoms with E-state index in [1.54, 1.807) is 72.8 Å². The Balaban J connectivity index is 1.89. The Morgan fingerprint density at radius 3 is 2.32 bits per heavy atom. The predicted molar refractivity (Wildman–Crippen MR) is 113 cm³/mol. The van der Waals surface area contributed by atoms with Crippen LogP contribution in [0.3, 0.4) is 0 Å². The molecule has 28 heavy (non-hydrogen) atoms. The highest BCUT2D eigenvalue weighted by molar-refractivity contribution is 7.92. The maximum Gasteiger partial charge on any atom is 0.261 e. The zero-order valence-corrected chi connectivity index (χ0v) is 16.7. The van der Waals surface area contributed by atoms with E-state index >= 15 is 0 Å². The van der Waals surface area contributed by atoms with Crippen LogP contribution in [0.2, 0.25) is 5.02 Å². The molecule has 3 aromatic rings. The summed E-state index contributed by atoms with van der Waals surface area (Å²) < 4.78 is 27.9. The molecule has 0 aliphatic heterocycles. The number of hydrogen-bond acceptors (Lipinski definition) is 3. The van der Waals surface area contributed by atoms with Gasteiger partial charge in [0, 0.05) is 16.1 Å². The van der Waals surface area contributed by atoms with Crippen molar-refractivity contribution in [1.82, 2.24) is 0 Å². The summed E-state index contributed by atoms with van der Waals surface area (Å²) >= 11 is 6.06. The van der Waals surface area contributed by atoms with E-state index in [1.807, 2.05) is 13.0 Å². The van der Waals surface area contributed by atoms with E-state index in [4.69, 9.17) is 11.6 Å². The van der Waals surface area contributed by atoms with Gasteiger partial charge in [-0.05, 0) is 49.4 Å². The molecule has 4 nitrogen and oxygen atoms in total. The lowest BCUT2D eigenvalue weighted by atomic mass is 10.1. The molecular formula is C22H18ClNO3S. The average molecular weight is 412 g/mol. The molecule has 3 aromatic carbocycles. The topological polar surface area (TPSA) is 63.2 Å². The molecule has 3 rings (SSSR count). The summed E-state index contributed by atoms with van der Waals surface area (Å²) in [5.41, 5.74) is 2.34. The Bertz CT molecular complexity index is 1120. The summed E-state index contributed by atoms with van der Waals surface area (Å²) in [7, 11) is -3.77. The van der Waals surface area contributed by atoms with Gasteiger partial charge in [-0.3, -0.25) is 9.52 Å². The van der Waals surface area contributed by atoms with Crippen molar-refractivity contribution in [3.8, 4) is 0 Å². The standard InChI is InChI=1S/C22H18ClNO3S/c1-16-7-11-20(12-8-16)28(26,27)24-21-13-10-19(23)15-18(21)9-14-22(25)17-5-3-2-4-6-17/h2-15,24H,1H3/b14-9+. The highest BCUT2D eigenvalue weighted by Crippen LogP contribution is 2.25. The molecule has 142 valence electrons. The molecule has 6 heteroatoms. The molecular weight excluding hydrogens is 394 g/mol. The zero-order valence-electron chi connectivity index (χ0n) is 15.1. The number of nitrogens with one attached hydrogen (secondary N) is 1. The molecule has 0 atom stereocenters. The van der Waals surface area contributed by atoms with Crippen LogP contribution in [0.4, 0.5) is 5.69 Å². The summed E-state index contributed by atoms with van der Waals surface area (Å²) in [5, 5.41) is 0.435. The lowest BCUT2D eigenvalue weighted by Crippen LogP contribution is -2.13. The van der Waals surface area contributed by atoms with Crippen LogP contribution in [-0.2, 0) is 10.0 Å². The van der Waals surface area contributed by atoms with E-state index in [-0.39, 0.29) is 10.7 Å². The van der Waals surface area contributed by atoms with Crippen LogP contribution >= 0.6 is 11.6 Å². The fourth-order valence-electron chi connectivity index (χ4n) is 2.55. The third kappa shape index (κ3) is 4.88. The van der Waals surface area contributed by atoms with Crippen molar-refractivity contribution < 1.29 is 13.2 Å². The number of rotatable bonds is 6. The summed E-state index contributed by atoms with van der Waals surface area (Å²) in [6.45, 7) is 1.88. The predicted octanol–water partition coefficient (Wildman–Crippen LogP) is 5.35. The van der Waals surface area contributed by atoms with E-state index < -0.39 is 10.0 Å². The Labute approximate surface area is 169 Å². The van der Waals surface area contributed by atoms with Crippen LogP contribution in [0, 0.1) is 6.92 Å². The first kappa shape index (κ1) is 19.9. The van der Waals surface area contributed by atoms with Gasteiger partial charge in [0.15, 0.2) is 5.78 Å². The van der Waals surface area contributed by atoms with Crippen molar-refractivity contribution in [2.45, 2.75) is 11.8 Å². The fourth-order valence-corrected chi connectivity index (χ4v) is 3.82. The Hall–Kier alpha value is -2.89. The van der Waals surface area contributed by atoms with Gasteiger partial charge in [-0.2, -0.15) is 0 Å². The number of hydrogen-bond donors (Lipinski definition) is 1.